The molecule has 1 aromatic heterocycles. The molecule has 1 heterocycles. The smallest absolute Gasteiger partial charge is 0.0515 e. The van der Waals surface area contributed by atoms with Crippen LogP contribution < -0.4 is 5.73 Å². The van der Waals surface area contributed by atoms with Gasteiger partial charge in [-0.3, -0.25) is 0 Å². The highest BCUT2D eigenvalue weighted by Gasteiger charge is 2.23. The SMILES string of the molecule is Cc1[nH]c2ccccc2c1C(C(C)N)N(C)C. The molecule has 2 rings (SSSR count). The highest BCUT2D eigenvalue weighted by atomic mass is 15.1. The second-order valence-corrected chi connectivity index (χ2v) is 4.98. The van der Waals surface area contributed by atoms with Crippen molar-refractivity contribution in [1.82, 2.24) is 9.88 Å². The van der Waals surface area contributed by atoms with E-state index >= 15 is 0 Å². The summed E-state index contributed by atoms with van der Waals surface area (Å²) in [4.78, 5) is 5.62. The van der Waals surface area contributed by atoms with Crippen LogP contribution in [0.1, 0.15) is 24.2 Å². The summed E-state index contributed by atoms with van der Waals surface area (Å²) in [5.74, 6) is 0. The molecule has 0 radical (unpaired) electrons. The Morgan fingerprint density at radius 1 is 1.24 bits per heavy atom. The zero-order chi connectivity index (χ0) is 12.6. The lowest BCUT2D eigenvalue weighted by Crippen LogP contribution is -2.35. The minimum Gasteiger partial charge on any atom is -0.358 e. The highest BCUT2D eigenvalue weighted by molar-refractivity contribution is 5.85. The zero-order valence-corrected chi connectivity index (χ0v) is 11.0. The number of benzene rings is 1. The molecule has 0 amide bonds. The number of nitrogens with two attached hydrogens (primary N) is 1. The maximum absolute atomic E-state index is 6.13. The Hall–Kier alpha value is -1.32. The van der Waals surface area contributed by atoms with Gasteiger partial charge in [-0.2, -0.15) is 0 Å². The van der Waals surface area contributed by atoms with Crippen LogP contribution in [0.3, 0.4) is 0 Å². The molecule has 0 aliphatic rings. The van der Waals surface area contributed by atoms with E-state index in [1.54, 1.807) is 0 Å². The summed E-state index contributed by atoms with van der Waals surface area (Å²) >= 11 is 0. The van der Waals surface area contributed by atoms with Gasteiger partial charge in [-0.15, -0.1) is 0 Å². The fraction of sp³-hybridized carbons (Fsp3) is 0.429. The molecule has 3 N–H and O–H groups in total. The summed E-state index contributed by atoms with van der Waals surface area (Å²) in [7, 11) is 4.16. The first kappa shape index (κ1) is 12.1. The van der Waals surface area contributed by atoms with E-state index in [9.17, 15) is 0 Å². The Bertz CT molecular complexity index is 503. The fourth-order valence-corrected chi connectivity index (χ4v) is 2.67. The van der Waals surface area contributed by atoms with Crippen LogP contribution in [0.25, 0.3) is 10.9 Å². The van der Waals surface area contributed by atoms with E-state index in [1.807, 2.05) is 0 Å². The van der Waals surface area contributed by atoms with Gasteiger partial charge in [-0.05, 0) is 39.6 Å². The van der Waals surface area contributed by atoms with Crippen molar-refractivity contribution in [3.63, 3.8) is 0 Å². The van der Waals surface area contributed by atoms with Crippen molar-refractivity contribution in [2.75, 3.05) is 14.1 Å². The van der Waals surface area contributed by atoms with E-state index in [1.165, 1.54) is 22.2 Å². The molecule has 0 saturated heterocycles. The third-order valence-electron chi connectivity index (χ3n) is 3.29. The van der Waals surface area contributed by atoms with Crippen LogP contribution in [-0.2, 0) is 0 Å². The second kappa shape index (κ2) is 4.51. The van der Waals surface area contributed by atoms with Crippen LogP contribution in [0.15, 0.2) is 24.3 Å². The number of H-pyrrole nitrogens is 1. The average molecular weight is 231 g/mol. The van der Waals surface area contributed by atoms with E-state index < -0.39 is 0 Å². The summed E-state index contributed by atoms with van der Waals surface area (Å²) in [6.07, 6.45) is 0. The van der Waals surface area contributed by atoms with Gasteiger partial charge in [0.15, 0.2) is 0 Å². The minimum absolute atomic E-state index is 0.0999. The third kappa shape index (κ3) is 2.08. The van der Waals surface area contributed by atoms with Gasteiger partial charge in [0.25, 0.3) is 0 Å². The monoisotopic (exact) mass is 231 g/mol. The van der Waals surface area contributed by atoms with E-state index in [2.05, 4.69) is 62.1 Å². The van der Waals surface area contributed by atoms with Gasteiger partial charge >= 0.3 is 0 Å². The summed E-state index contributed by atoms with van der Waals surface area (Å²) in [5.41, 5.74) is 9.85. The van der Waals surface area contributed by atoms with Crippen molar-refractivity contribution in [1.29, 1.82) is 0 Å². The first-order valence-electron chi connectivity index (χ1n) is 6.01. The average Bonchev–Trinajstić information content (AvgIpc) is 2.55. The van der Waals surface area contributed by atoms with Crippen molar-refractivity contribution in [3.8, 4) is 0 Å². The fourth-order valence-electron chi connectivity index (χ4n) is 2.67. The first-order chi connectivity index (χ1) is 8.02. The highest BCUT2D eigenvalue weighted by Crippen LogP contribution is 2.31. The zero-order valence-electron chi connectivity index (χ0n) is 11.0. The third-order valence-corrected chi connectivity index (χ3v) is 3.29. The summed E-state index contributed by atoms with van der Waals surface area (Å²) in [5, 5.41) is 1.28. The number of likely N-dealkylation sites (N-methyl/N-ethyl adjacent to an activating group) is 1. The number of aromatic amines is 1. The molecule has 17 heavy (non-hydrogen) atoms. The maximum atomic E-state index is 6.13. The number of aromatic nitrogens is 1. The number of rotatable bonds is 3. The molecule has 0 aliphatic carbocycles. The van der Waals surface area contributed by atoms with E-state index in [0.29, 0.717) is 0 Å². The van der Waals surface area contributed by atoms with E-state index in [4.69, 9.17) is 5.73 Å². The van der Waals surface area contributed by atoms with E-state index in [-0.39, 0.29) is 12.1 Å². The molecular weight excluding hydrogens is 210 g/mol. The minimum atomic E-state index is 0.0999. The van der Waals surface area contributed by atoms with Crippen molar-refractivity contribution >= 4 is 10.9 Å². The van der Waals surface area contributed by atoms with Crippen LogP contribution in [0.2, 0.25) is 0 Å². The first-order valence-corrected chi connectivity index (χ1v) is 6.01. The second-order valence-electron chi connectivity index (χ2n) is 4.98. The number of fused-ring (bicyclic) bond motifs is 1. The molecule has 92 valence electrons. The molecule has 2 aromatic rings. The standard InChI is InChI=1S/C14H21N3/c1-9(15)14(17(3)4)13-10(2)16-12-8-6-5-7-11(12)13/h5-9,14,16H,15H2,1-4H3. The largest absolute Gasteiger partial charge is 0.358 e. The lowest BCUT2D eigenvalue weighted by atomic mass is 9.97. The van der Waals surface area contributed by atoms with Gasteiger partial charge < -0.3 is 15.6 Å². The molecule has 1 aromatic carbocycles. The Balaban J connectivity index is 2.64. The van der Waals surface area contributed by atoms with E-state index in [0.717, 1.165) is 0 Å². The predicted octanol–water partition coefficient (Wildman–Crippen LogP) is 2.43. The number of hydrogen-bond donors (Lipinski definition) is 2. The molecule has 2 unspecified atom stereocenters. The quantitative estimate of drug-likeness (QED) is 0.852. The van der Waals surface area contributed by atoms with Gasteiger partial charge in [0.05, 0.1) is 6.04 Å². The number of para-hydroxylation sites is 1. The van der Waals surface area contributed by atoms with Crippen LogP contribution in [0, 0.1) is 6.92 Å². The van der Waals surface area contributed by atoms with Gasteiger partial charge in [0.2, 0.25) is 0 Å². The number of nitrogens with zero attached hydrogens (tertiary/aromatic N) is 1. The summed E-state index contributed by atoms with van der Waals surface area (Å²) in [6.45, 7) is 4.18. The Labute approximate surface area is 103 Å². The molecule has 3 nitrogen and oxygen atoms in total. The number of hydrogen-bond acceptors (Lipinski definition) is 2. The van der Waals surface area contributed by atoms with Gasteiger partial charge in [-0.25, -0.2) is 0 Å². The van der Waals surface area contributed by atoms with Crippen molar-refractivity contribution in [2.45, 2.75) is 25.9 Å². The Morgan fingerprint density at radius 3 is 2.47 bits per heavy atom. The molecule has 3 heteroatoms. The van der Waals surface area contributed by atoms with Crippen molar-refractivity contribution in [3.05, 3.63) is 35.5 Å². The maximum Gasteiger partial charge on any atom is 0.0515 e. The molecule has 0 fully saturated rings. The van der Waals surface area contributed by atoms with Crippen molar-refractivity contribution < 1.29 is 0 Å². The molecule has 0 spiro atoms. The normalized spacial score (nSPS) is 15.4. The Morgan fingerprint density at radius 2 is 1.88 bits per heavy atom. The lowest BCUT2D eigenvalue weighted by molar-refractivity contribution is 0.267. The van der Waals surface area contributed by atoms with Crippen LogP contribution in [0.4, 0.5) is 0 Å². The number of nitrogens with one attached hydrogen (secondary N) is 1. The molecule has 2 atom stereocenters. The molecule has 0 bridgehead atoms. The molecule has 0 saturated carbocycles. The van der Waals surface area contributed by atoms with Crippen molar-refractivity contribution in [2.24, 2.45) is 5.73 Å². The summed E-state index contributed by atoms with van der Waals surface area (Å²) in [6, 6.07) is 8.74. The van der Waals surface area contributed by atoms with Gasteiger partial charge in [-0.1, -0.05) is 18.2 Å². The van der Waals surface area contributed by atoms with Crippen LogP contribution in [0.5, 0.6) is 0 Å². The number of aryl methyl sites for hydroxylation is 1. The van der Waals surface area contributed by atoms with Gasteiger partial charge in [0.1, 0.15) is 0 Å². The molecular formula is C14H21N3. The van der Waals surface area contributed by atoms with Gasteiger partial charge in [0, 0.05) is 22.6 Å². The Kier molecular flexibility index (Phi) is 3.22. The summed E-state index contributed by atoms with van der Waals surface area (Å²) < 4.78 is 0. The topological polar surface area (TPSA) is 45.1 Å². The predicted molar refractivity (Wildman–Crippen MR) is 73.1 cm³/mol. The van der Waals surface area contributed by atoms with Crippen LogP contribution in [-0.4, -0.2) is 30.0 Å². The lowest BCUT2D eigenvalue weighted by Gasteiger charge is -2.28. The van der Waals surface area contributed by atoms with Crippen LogP contribution >= 0.6 is 0 Å². The molecule has 0 aliphatic heterocycles.